The molecule has 0 aliphatic rings. The fourth-order valence-corrected chi connectivity index (χ4v) is 6.18. The number of rotatable bonds is 3. The number of hydrogen-bond acceptors (Lipinski definition) is 0. The van der Waals surface area contributed by atoms with Crippen molar-refractivity contribution in [2.45, 2.75) is 0 Å². The highest BCUT2D eigenvalue weighted by Gasteiger charge is 2.18. The van der Waals surface area contributed by atoms with Crippen LogP contribution in [-0.2, 0) is 0 Å². The van der Waals surface area contributed by atoms with Gasteiger partial charge < -0.3 is 0 Å². The van der Waals surface area contributed by atoms with E-state index in [4.69, 9.17) is 2.74 Å². The molecule has 0 spiro atoms. The molecular formula is C40H26. The first-order chi connectivity index (χ1) is 21.5. The Bertz CT molecular complexity index is 2370. The third-order valence-corrected chi connectivity index (χ3v) is 7.92. The molecule has 0 bridgehead atoms. The quantitative estimate of drug-likeness (QED) is 0.207. The highest BCUT2D eigenvalue weighted by Crippen LogP contribution is 2.45. The average Bonchev–Trinajstić information content (AvgIpc) is 3.07. The minimum atomic E-state index is -0.176. The minimum absolute atomic E-state index is 0.0962. The summed E-state index contributed by atoms with van der Waals surface area (Å²) in [6.45, 7) is 0. The van der Waals surface area contributed by atoms with E-state index in [1.165, 1.54) is 0 Å². The van der Waals surface area contributed by atoms with Crippen LogP contribution in [0.1, 0.15) is 5.48 Å². The van der Waals surface area contributed by atoms with E-state index in [1.54, 1.807) is 0 Å². The van der Waals surface area contributed by atoms with E-state index in [1.807, 2.05) is 66.7 Å². The molecule has 0 saturated carbocycles. The molecule has 0 fully saturated rings. The first-order valence-corrected chi connectivity index (χ1v) is 13.5. The van der Waals surface area contributed by atoms with E-state index in [-0.39, 0.29) is 24.2 Å². The van der Waals surface area contributed by atoms with Crippen LogP contribution in [0.4, 0.5) is 0 Å². The molecule has 0 aliphatic heterocycles. The monoisotopic (exact) mass is 510 g/mol. The molecule has 8 rings (SSSR count). The minimum Gasteiger partial charge on any atom is -0.0616 e. The van der Waals surface area contributed by atoms with Crippen molar-refractivity contribution in [3.8, 4) is 33.4 Å². The van der Waals surface area contributed by atoms with Crippen LogP contribution in [0.3, 0.4) is 0 Å². The van der Waals surface area contributed by atoms with Crippen molar-refractivity contribution in [3.05, 3.63) is 158 Å². The summed E-state index contributed by atoms with van der Waals surface area (Å²) >= 11 is 0. The molecule has 186 valence electrons. The summed E-state index contributed by atoms with van der Waals surface area (Å²) < 4.78 is 36.7. The Kier molecular flexibility index (Phi) is 4.37. The zero-order valence-electron chi connectivity index (χ0n) is 25.7. The Hall–Kier alpha value is -5.20. The van der Waals surface area contributed by atoms with Crippen molar-refractivity contribution in [3.63, 3.8) is 0 Å². The van der Waals surface area contributed by atoms with E-state index in [2.05, 4.69) is 66.7 Å². The molecule has 0 radical (unpaired) electrons. The SMILES string of the molecule is [2H]c1c([2H])c(-c2cccc3ccccc23)c([2H])c(-c2c3ccccc3c(-c3cccc4ccccc34)c3ccccc23)c1[2H]. The lowest BCUT2D eigenvalue weighted by Crippen LogP contribution is -1.92. The summed E-state index contributed by atoms with van der Waals surface area (Å²) in [6, 6.07) is 44.7. The molecule has 0 unspecified atom stereocenters. The van der Waals surface area contributed by atoms with Crippen LogP contribution in [0.15, 0.2) is 158 Å². The maximum Gasteiger partial charge on any atom is 0.0636 e. The van der Waals surface area contributed by atoms with Gasteiger partial charge in [-0.1, -0.05) is 152 Å². The van der Waals surface area contributed by atoms with E-state index in [0.717, 1.165) is 65.3 Å². The summed E-state index contributed by atoms with van der Waals surface area (Å²) in [5.41, 5.74) is 4.47. The van der Waals surface area contributed by atoms with Gasteiger partial charge in [-0.2, -0.15) is 0 Å². The molecular weight excluding hydrogens is 480 g/mol. The molecule has 0 amide bonds. The second kappa shape index (κ2) is 9.22. The van der Waals surface area contributed by atoms with Crippen molar-refractivity contribution >= 4 is 43.1 Å². The predicted octanol–water partition coefficient (Wildman–Crippen LogP) is 11.3. The highest BCUT2D eigenvalue weighted by molar-refractivity contribution is 6.23. The zero-order chi connectivity index (χ0) is 29.9. The maximum atomic E-state index is 9.63. The molecule has 40 heavy (non-hydrogen) atoms. The number of fused-ring (bicyclic) bond motifs is 4. The molecule has 0 saturated heterocycles. The van der Waals surface area contributed by atoms with Crippen molar-refractivity contribution in [2.75, 3.05) is 0 Å². The van der Waals surface area contributed by atoms with Crippen molar-refractivity contribution in [1.29, 1.82) is 0 Å². The molecule has 0 N–H and O–H groups in total. The molecule has 8 aromatic carbocycles. The number of benzene rings is 8. The Morgan fingerprint density at radius 1 is 0.350 bits per heavy atom. The first-order valence-electron chi connectivity index (χ1n) is 15.5. The van der Waals surface area contributed by atoms with Crippen LogP contribution in [0.5, 0.6) is 0 Å². The van der Waals surface area contributed by atoms with Crippen LogP contribution in [0.25, 0.3) is 76.5 Å². The first kappa shape index (κ1) is 19.0. The van der Waals surface area contributed by atoms with Gasteiger partial charge in [-0.3, -0.25) is 0 Å². The molecule has 0 aromatic heterocycles. The van der Waals surface area contributed by atoms with Gasteiger partial charge in [0, 0.05) is 0 Å². The average molecular weight is 511 g/mol. The lowest BCUT2D eigenvalue weighted by Gasteiger charge is -2.19. The van der Waals surface area contributed by atoms with E-state index >= 15 is 0 Å². The molecule has 0 nitrogen and oxygen atoms in total. The van der Waals surface area contributed by atoms with Gasteiger partial charge in [-0.15, -0.1) is 0 Å². The van der Waals surface area contributed by atoms with E-state index in [0.29, 0.717) is 11.1 Å². The smallest absolute Gasteiger partial charge is 0.0616 e. The molecule has 0 atom stereocenters. The third-order valence-electron chi connectivity index (χ3n) is 7.92. The largest absolute Gasteiger partial charge is 0.0636 e. The van der Waals surface area contributed by atoms with Crippen molar-refractivity contribution in [1.82, 2.24) is 0 Å². The van der Waals surface area contributed by atoms with Crippen LogP contribution < -0.4 is 0 Å². The molecule has 0 aliphatic carbocycles. The zero-order valence-corrected chi connectivity index (χ0v) is 21.7. The standard InChI is InChI=1S/C40H26/c1-3-18-31-27(12-1)14-10-24-33(31)29-16-9-17-30(26-29)39-35-20-5-7-22-37(35)40(38-23-8-6-21-36(38)39)34-25-11-15-28-13-2-4-19-32(28)34/h1-26H/i9D,16D,17D,26D. The summed E-state index contributed by atoms with van der Waals surface area (Å²) in [6.07, 6.45) is 0. The molecule has 0 heterocycles. The van der Waals surface area contributed by atoms with Gasteiger partial charge in [0.2, 0.25) is 0 Å². The molecule has 0 heteroatoms. The van der Waals surface area contributed by atoms with Gasteiger partial charge in [0.1, 0.15) is 0 Å². The summed E-state index contributed by atoms with van der Waals surface area (Å²) in [7, 11) is 0. The van der Waals surface area contributed by atoms with Crippen molar-refractivity contribution in [2.24, 2.45) is 0 Å². The molecule has 8 aromatic rings. The lowest BCUT2D eigenvalue weighted by molar-refractivity contribution is 1.63. The van der Waals surface area contributed by atoms with E-state index < -0.39 is 0 Å². The maximum absolute atomic E-state index is 9.63. The van der Waals surface area contributed by atoms with Gasteiger partial charge in [-0.25, -0.2) is 0 Å². The number of hydrogen-bond donors (Lipinski definition) is 0. The normalized spacial score (nSPS) is 12.9. The van der Waals surface area contributed by atoms with Gasteiger partial charge in [0.15, 0.2) is 0 Å². The van der Waals surface area contributed by atoms with Crippen LogP contribution in [-0.4, -0.2) is 0 Å². The van der Waals surface area contributed by atoms with Crippen molar-refractivity contribution < 1.29 is 5.48 Å². The van der Waals surface area contributed by atoms with Crippen LogP contribution in [0.2, 0.25) is 0 Å². The summed E-state index contributed by atoms with van der Waals surface area (Å²) in [5.74, 6) is 0. The second-order valence-electron chi connectivity index (χ2n) is 10.1. The van der Waals surface area contributed by atoms with Gasteiger partial charge in [-0.05, 0) is 82.5 Å². The van der Waals surface area contributed by atoms with E-state index in [9.17, 15) is 2.74 Å². The summed E-state index contributed by atoms with van der Waals surface area (Å²) in [5, 5.41) is 8.10. The van der Waals surface area contributed by atoms with Gasteiger partial charge >= 0.3 is 0 Å². The fraction of sp³-hybridized carbons (Fsp3) is 0. The Labute approximate surface area is 239 Å². The third kappa shape index (κ3) is 3.54. The van der Waals surface area contributed by atoms with Gasteiger partial charge in [0.05, 0.1) is 5.48 Å². The predicted molar refractivity (Wildman–Crippen MR) is 173 cm³/mol. The highest BCUT2D eigenvalue weighted by atomic mass is 14.2. The Morgan fingerprint density at radius 3 is 1.38 bits per heavy atom. The van der Waals surface area contributed by atoms with Crippen LogP contribution >= 0.6 is 0 Å². The topological polar surface area (TPSA) is 0 Å². The Balaban J connectivity index is 1.54. The van der Waals surface area contributed by atoms with Gasteiger partial charge in [0.25, 0.3) is 0 Å². The second-order valence-corrected chi connectivity index (χ2v) is 10.1. The fourth-order valence-electron chi connectivity index (χ4n) is 6.18. The lowest BCUT2D eigenvalue weighted by atomic mass is 9.84. The van der Waals surface area contributed by atoms with Crippen LogP contribution in [0, 0.1) is 0 Å². The summed E-state index contributed by atoms with van der Waals surface area (Å²) in [4.78, 5) is 0. The Morgan fingerprint density at radius 2 is 0.775 bits per heavy atom.